The second kappa shape index (κ2) is 9.82. The van der Waals surface area contributed by atoms with Crippen LogP contribution in [-0.4, -0.2) is 36.9 Å². The molecule has 17 heavy (non-hydrogen) atoms. The van der Waals surface area contributed by atoms with Gasteiger partial charge in [-0.1, -0.05) is 32.6 Å². The van der Waals surface area contributed by atoms with E-state index in [1.807, 2.05) is 6.92 Å². The van der Waals surface area contributed by atoms with E-state index in [2.05, 4.69) is 0 Å². The molecule has 6 heteroatoms. The molecule has 0 aromatic heterocycles. The molecule has 0 heterocycles. The first-order valence-corrected chi connectivity index (χ1v) is 7.84. The third kappa shape index (κ3) is 9.52. The molecule has 0 rings (SSSR count). The van der Waals surface area contributed by atoms with Crippen LogP contribution in [0.1, 0.15) is 51.9 Å². The molecular formula is C11H26N2O3S. The van der Waals surface area contributed by atoms with E-state index in [9.17, 15) is 8.42 Å². The highest BCUT2D eigenvalue weighted by Gasteiger charge is 2.16. The van der Waals surface area contributed by atoms with Crippen molar-refractivity contribution in [3.63, 3.8) is 0 Å². The second-order valence-corrected chi connectivity index (χ2v) is 5.70. The zero-order chi connectivity index (χ0) is 13.1. The maximum absolute atomic E-state index is 11.0. The van der Waals surface area contributed by atoms with Crippen LogP contribution in [0, 0.1) is 0 Å². The first-order valence-electron chi connectivity index (χ1n) is 6.45. The average molecular weight is 266 g/mol. The van der Waals surface area contributed by atoms with Gasteiger partial charge in [-0.2, -0.15) is 12.7 Å². The van der Waals surface area contributed by atoms with Gasteiger partial charge in [-0.3, -0.25) is 4.55 Å². The molecular weight excluding hydrogens is 240 g/mol. The molecule has 0 saturated carbocycles. The molecule has 0 saturated heterocycles. The van der Waals surface area contributed by atoms with Crippen LogP contribution in [0.2, 0.25) is 0 Å². The Kier molecular flexibility index (Phi) is 9.72. The minimum absolute atomic E-state index is 0.395. The fourth-order valence-corrected chi connectivity index (χ4v) is 2.50. The highest BCUT2D eigenvalue weighted by atomic mass is 32.2. The van der Waals surface area contributed by atoms with Crippen molar-refractivity contribution < 1.29 is 13.0 Å². The van der Waals surface area contributed by atoms with Crippen LogP contribution in [0.25, 0.3) is 0 Å². The highest BCUT2D eigenvalue weighted by Crippen LogP contribution is 2.08. The zero-order valence-electron chi connectivity index (χ0n) is 10.8. The SMILES string of the molecule is CCCN(CCCCCCCCN)S(=O)(=O)O. The van der Waals surface area contributed by atoms with Gasteiger partial charge in [0, 0.05) is 13.1 Å². The van der Waals surface area contributed by atoms with Gasteiger partial charge < -0.3 is 5.73 Å². The van der Waals surface area contributed by atoms with Gasteiger partial charge in [0.15, 0.2) is 0 Å². The van der Waals surface area contributed by atoms with Crippen LogP contribution in [0.15, 0.2) is 0 Å². The van der Waals surface area contributed by atoms with Crippen LogP contribution >= 0.6 is 0 Å². The van der Waals surface area contributed by atoms with Crippen LogP contribution in [0.4, 0.5) is 0 Å². The lowest BCUT2D eigenvalue weighted by atomic mass is 10.1. The Morgan fingerprint density at radius 2 is 1.53 bits per heavy atom. The van der Waals surface area contributed by atoms with Crippen molar-refractivity contribution in [3.8, 4) is 0 Å². The third-order valence-electron chi connectivity index (χ3n) is 2.66. The molecule has 104 valence electrons. The number of hydrogen-bond donors (Lipinski definition) is 2. The van der Waals surface area contributed by atoms with Gasteiger partial charge >= 0.3 is 10.3 Å². The van der Waals surface area contributed by atoms with E-state index in [0.717, 1.165) is 55.8 Å². The molecule has 0 aromatic rings. The molecule has 0 fully saturated rings. The summed E-state index contributed by atoms with van der Waals surface area (Å²) < 4.78 is 32.1. The Balaban J connectivity index is 3.62. The van der Waals surface area contributed by atoms with Crippen molar-refractivity contribution in [2.24, 2.45) is 5.73 Å². The fourth-order valence-electron chi connectivity index (χ4n) is 1.73. The Labute approximate surface area is 105 Å². The average Bonchev–Trinajstić information content (AvgIpc) is 2.25. The largest absolute Gasteiger partial charge is 0.335 e. The number of unbranched alkanes of at least 4 members (excludes halogenated alkanes) is 5. The third-order valence-corrected chi connectivity index (χ3v) is 3.68. The first-order chi connectivity index (χ1) is 8.02. The van der Waals surface area contributed by atoms with Crippen molar-refractivity contribution in [1.29, 1.82) is 0 Å². The molecule has 0 radical (unpaired) electrons. The topological polar surface area (TPSA) is 83.6 Å². The van der Waals surface area contributed by atoms with E-state index in [1.54, 1.807) is 0 Å². The van der Waals surface area contributed by atoms with Gasteiger partial charge in [-0.25, -0.2) is 0 Å². The summed E-state index contributed by atoms with van der Waals surface area (Å²) in [7, 11) is -4.01. The lowest BCUT2D eigenvalue weighted by Crippen LogP contribution is -2.32. The molecule has 0 aliphatic heterocycles. The maximum Gasteiger partial charge on any atom is 0.335 e. The fraction of sp³-hybridized carbons (Fsp3) is 1.00. The van der Waals surface area contributed by atoms with Crippen LogP contribution in [0.3, 0.4) is 0 Å². The molecule has 0 atom stereocenters. The van der Waals surface area contributed by atoms with E-state index >= 15 is 0 Å². The number of hydrogen-bond acceptors (Lipinski definition) is 3. The Morgan fingerprint density at radius 3 is 2.00 bits per heavy atom. The van der Waals surface area contributed by atoms with Gasteiger partial charge in [0.25, 0.3) is 0 Å². The van der Waals surface area contributed by atoms with Gasteiger partial charge in [0.05, 0.1) is 0 Å². The Hall–Kier alpha value is -0.170. The Morgan fingerprint density at radius 1 is 1.00 bits per heavy atom. The molecule has 5 nitrogen and oxygen atoms in total. The van der Waals surface area contributed by atoms with E-state index in [0.29, 0.717) is 13.1 Å². The molecule has 0 aliphatic rings. The van der Waals surface area contributed by atoms with Crippen molar-refractivity contribution in [2.45, 2.75) is 51.9 Å². The standard InChI is InChI=1S/C11H26N2O3S/c1-2-10-13(17(14,15)16)11-8-6-4-3-5-7-9-12/h2-12H2,1H3,(H,14,15,16). The van der Waals surface area contributed by atoms with Crippen molar-refractivity contribution in [1.82, 2.24) is 4.31 Å². The second-order valence-electron chi connectivity index (χ2n) is 4.29. The number of rotatable bonds is 11. The van der Waals surface area contributed by atoms with E-state index < -0.39 is 10.3 Å². The van der Waals surface area contributed by atoms with Crippen LogP contribution < -0.4 is 5.73 Å². The lowest BCUT2D eigenvalue weighted by molar-refractivity contribution is 0.343. The monoisotopic (exact) mass is 266 g/mol. The van der Waals surface area contributed by atoms with Crippen LogP contribution in [-0.2, 0) is 10.3 Å². The van der Waals surface area contributed by atoms with Gasteiger partial charge in [-0.05, 0) is 25.8 Å². The lowest BCUT2D eigenvalue weighted by Gasteiger charge is -2.17. The van der Waals surface area contributed by atoms with Crippen molar-refractivity contribution >= 4 is 10.3 Å². The molecule has 0 aliphatic carbocycles. The van der Waals surface area contributed by atoms with E-state index in [1.165, 1.54) is 0 Å². The zero-order valence-corrected chi connectivity index (χ0v) is 11.6. The quantitative estimate of drug-likeness (QED) is 0.441. The van der Waals surface area contributed by atoms with E-state index in [4.69, 9.17) is 10.3 Å². The van der Waals surface area contributed by atoms with Gasteiger partial charge in [-0.15, -0.1) is 0 Å². The summed E-state index contributed by atoms with van der Waals surface area (Å²) in [5.41, 5.74) is 5.39. The normalized spacial score (nSPS) is 12.2. The first kappa shape index (κ1) is 16.8. The Bertz CT molecular complexity index is 268. The van der Waals surface area contributed by atoms with Crippen LogP contribution in [0.5, 0.6) is 0 Å². The summed E-state index contributed by atoms with van der Waals surface area (Å²) in [5, 5.41) is 0. The predicted octanol–water partition coefficient (Wildman–Crippen LogP) is 1.80. The summed E-state index contributed by atoms with van der Waals surface area (Å²) in [4.78, 5) is 0. The molecule has 0 bridgehead atoms. The predicted molar refractivity (Wildman–Crippen MR) is 70.2 cm³/mol. The van der Waals surface area contributed by atoms with Gasteiger partial charge in [0.1, 0.15) is 0 Å². The van der Waals surface area contributed by atoms with Gasteiger partial charge in [0.2, 0.25) is 0 Å². The minimum atomic E-state index is -4.01. The maximum atomic E-state index is 11.0. The molecule has 3 N–H and O–H groups in total. The number of nitrogens with two attached hydrogens (primary N) is 1. The minimum Gasteiger partial charge on any atom is -0.330 e. The van der Waals surface area contributed by atoms with Crippen molar-refractivity contribution in [2.75, 3.05) is 19.6 Å². The molecule has 0 spiro atoms. The highest BCUT2D eigenvalue weighted by molar-refractivity contribution is 7.83. The summed E-state index contributed by atoms with van der Waals surface area (Å²) in [5.74, 6) is 0. The molecule has 0 aromatic carbocycles. The van der Waals surface area contributed by atoms with Crippen molar-refractivity contribution in [3.05, 3.63) is 0 Å². The number of nitrogens with zero attached hydrogens (tertiary/aromatic N) is 1. The summed E-state index contributed by atoms with van der Waals surface area (Å²) in [6, 6.07) is 0. The summed E-state index contributed by atoms with van der Waals surface area (Å²) in [6.45, 7) is 3.45. The smallest absolute Gasteiger partial charge is 0.330 e. The molecule has 0 unspecified atom stereocenters. The molecule has 0 amide bonds. The summed E-state index contributed by atoms with van der Waals surface area (Å²) in [6.07, 6.45) is 6.99. The van der Waals surface area contributed by atoms with E-state index in [-0.39, 0.29) is 0 Å². The summed E-state index contributed by atoms with van der Waals surface area (Å²) >= 11 is 0.